The summed E-state index contributed by atoms with van der Waals surface area (Å²) in [7, 11) is 1.45. The van der Waals surface area contributed by atoms with Crippen molar-refractivity contribution in [2.24, 2.45) is 0 Å². The van der Waals surface area contributed by atoms with Gasteiger partial charge in [0.05, 0.1) is 0 Å². The van der Waals surface area contributed by atoms with E-state index in [1.807, 2.05) is 0 Å². The Labute approximate surface area is 90.8 Å². The van der Waals surface area contributed by atoms with Crippen LogP contribution in [0, 0.1) is 0 Å². The molecule has 0 aromatic rings. The van der Waals surface area contributed by atoms with Crippen molar-refractivity contribution in [2.45, 2.75) is 43.0 Å². The molecule has 5 heteroatoms. The van der Waals surface area contributed by atoms with Crippen molar-refractivity contribution in [1.29, 1.82) is 0 Å². The second-order valence-electron chi connectivity index (χ2n) is 3.71. The van der Waals surface area contributed by atoms with Gasteiger partial charge in [0.25, 0.3) is 0 Å². The SMILES string of the molecule is CN(C(=O)C(F)(F)Br)C1CCCCC1. The molecule has 1 rings (SSSR count). The van der Waals surface area contributed by atoms with Gasteiger partial charge in [-0.25, -0.2) is 0 Å². The standard InChI is InChI=1S/C9H14BrF2NO/c1-13(8(14)9(10,11)12)7-5-3-2-4-6-7/h7H,2-6H2,1H3. The summed E-state index contributed by atoms with van der Waals surface area (Å²) in [6, 6.07) is -0.0142. The molecular weight excluding hydrogens is 256 g/mol. The molecule has 14 heavy (non-hydrogen) atoms. The van der Waals surface area contributed by atoms with Crippen LogP contribution in [0.2, 0.25) is 0 Å². The van der Waals surface area contributed by atoms with Crippen LogP contribution in [0.25, 0.3) is 0 Å². The summed E-state index contributed by atoms with van der Waals surface area (Å²) in [5.74, 6) is -1.13. The lowest BCUT2D eigenvalue weighted by atomic mass is 9.94. The molecule has 0 saturated heterocycles. The molecule has 0 unspecified atom stereocenters. The van der Waals surface area contributed by atoms with E-state index < -0.39 is 10.7 Å². The molecule has 1 fully saturated rings. The van der Waals surface area contributed by atoms with Crippen molar-refractivity contribution >= 4 is 21.8 Å². The molecule has 0 heterocycles. The van der Waals surface area contributed by atoms with Crippen molar-refractivity contribution < 1.29 is 13.6 Å². The summed E-state index contributed by atoms with van der Waals surface area (Å²) >= 11 is 2.09. The Morgan fingerprint density at radius 3 is 2.29 bits per heavy atom. The highest BCUT2D eigenvalue weighted by atomic mass is 79.9. The topological polar surface area (TPSA) is 20.3 Å². The van der Waals surface area contributed by atoms with Crippen LogP contribution >= 0.6 is 15.9 Å². The van der Waals surface area contributed by atoms with Gasteiger partial charge in [0, 0.05) is 29.0 Å². The lowest BCUT2D eigenvalue weighted by molar-refractivity contribution is -0.146. The first-order valence-corrected chi connectivity index (χ1v) is 5.56. The first kappa shape index (κ1) is 11.9. The average Bonchev–Trinajstić information content (AvgIpc) is 2.15. The van der Waals surface area contributed by atoms with Gasteiger partial charge in [-0.15, -0.1) is 0 Å². The van der Waals surface area contributed by atoms with E-state index in [0.717, 1.165) is 32.1 Å². The van der Waals surface area contributed by atoms with Gasteiger partial charge in [-0.3, -0.25) is 4.79 Å². The van der Waals surface area contributed by atoms with E-state index in [0.29, 0.717) is 0 Å². The van der Waals surface area contributed by atoms with Crippen LogP contribution < -0.4 is 0 Å². The van der Waals surface area contributed by atoms with Gasteiger partial charge >= 0.3 is 10.7 Å². The predicted molar refractivity (Wildman–Crippen MR) is 53.5 cm³/mol. The Bertz CT molecular complexity index is 211. The first-order chi connectivity index (χ1) is 6.43. The molecule has 0 bridgehead atoms. The van der Waals surface area contributed by atoms with Crippen LogP contribution in [-0.4, -0.2) is 28.7 Å². The third-order valence-electron chi connectivity index (χ3n) is 2.69. The van der Waals surface area contributed by atoms with Gasteiger partial charge in [0.1, 0.15) is 0 Å². The molecule has 1 amide bonds. The fourth-order valence-corrected chi connectivity index (χ4v) is 2.11. The van der Waals surface area contributed by atoms with Gasteiger partial charge < -0.3 is 4.90 Å². The quantitative estimate of drug-likeness (QED) is 0.706. The molecular formula is C9H14BrF2NO. The minimum Gasteiger partial charge on any atom is -0.337 e. The number of hydrogen-bond donors (Lipinski definition) is 0. The second-order valence-corrected chi connectivity index (χ2v) is 4.70. The number of rotatable bonds is 2. The molecule has 1 saturated carbocycles. The van der Waals surface area contributed by atoms with Crippen molar-refractivity contribution in [2.75, 3.05) is 7.05 Å². The molecule has 0 aromatic heterocycles. The zero-order chi connectivity index (χ0) is 10.8. The minimum absolute atomic E-state index is 0.0142. The van der Waals surface area contributed by atoms with E-state index in [1.54, 1.807) is 0 Å². The molecule has 1 aliphatic rings. The minimum atomic E-state index is -3.42. The van der Waals surface area contributed by atoms with Crippen molar-refractivity contribution in [3.8, 4) is 0 Å². The van der Waals surface area contributed by atoms with Crippen molar-refractivity contribution in [3.63, 3.8) is 0 Å². The summed E-state index contributed by atoms with van der Waals surface area (Å²) in [6.45, 7) is 0. The molecule has 0 aromatic carbocycles. The zero-order valence-electron chi connectivity index (χ0n) is 8.10. The summed E-state index contributed by atoms with van der Waals surface area (Å²) in [5, 5.41) is 0. The molecule has 0 spiro atoms. The summed E-state index contributed by atoms with van der Waals surface area (Å²) in [4.78, 5) is 8.95. The van der Waals surface area contributed by atoms with Crippen LogP contribution in [0.15, 0.2) is 0 Å². The number of nitrogens with zero attached hydrogens (tertiary/aromatic N) is 1. The fraction of sp³-hybridized carbons (Fsp3) is 0.889. The van der Waals surface area contributed by atoms with Crippen molar-refractivity contribution in [1.82, 2.24) is 4.90 Å². The monoisotopic (exact) mass is 269 g/mol. The molecule has 0 aliphatic heterocycles. The smallest absolute Gasteiger partial charge is 0.337 e. The number of carbonyl (C=O) groups is 1. The Balaban J connectivity index is 2.55. The van der Waals surface area contributed by atoms with Crippen LogP contribution in [0.5, 0.6) is 0 Å². The van der Waals surface area contributed by atoms with Crippen LogP contribution in [-0.2, 0) is 4.79 Å². The highest BCUT2D eigenvalue weighted by Gasteiger charge is 2.39. The number of hydrogen-bond acceptors (Lipinski definition) is 1. The molecule has 82 valence electrons. The van der Waals surface area contributed by atoms with Gasteiger partial charge in [-0.1, -0.05) is 19.3 Å². The van der Waals surface area contributed by atoms with Gasteiger partial charge in [-0.05, 0) is 12.8 Å². The number of halogens is 3. The van der Waals surface area contributed by atoms with E-state index in [1.165, 1.54) is 11.9 Å². The fourth-order valence-electron chi connectivity index (χ4n) is 1.83. The lowest BCUT2D eigenvalue weighted by Crippen LogP contribution is -2.44. The number of alkyl halides is 3. The number of carbonyl (C=O) groups excluding carboxylic acids is 1. The highest BCUT2D eigenvalue weighted by molar-refractivity contribution is 9.10. The van der Waals surface area contributed by atoms with Crippen LogP contribution in [0.1, 0.15) is 32.1 Å². The average molecular weight is 270 g/mol. The molecule has 0 N–H and O–H groups in total. The Hall–Kier alpha value is -0.190. The largest absolute Gasteiger partial charge is 0.377 e. The second kappa shape index (κ2) is 4.55. The van der Waals surface area contributed by atoms with Crippen molar-refractivity contribution in [3.05, 3.63) is 0 Å². The Kier molecular flexibility index (Phi) is 3.86. The lowest BCUT2D eigenvalue weighted by Gasteiger charge is -2.32. The third-order valence-corrected chi connectivity index (χ3v) is 3.02. The van der Waals surface area contributed by atoms with Gasteiger partial charge in [-0.2, -0.15) is 8.78 Å². The Morgan fingerprint density at radius 1 is 1.36 bits per heavy atom. The molecule has 2 nitrogen and oxygen atoms in total. The van der Waals surface area contributed by atoms with Gasteiger partial charge in [0.2, 0.25) is 0 Å². The summed E-state index contributed by atoms with van der Waals surface area (Å²) in [5.41, 5.74) is 0. The highest BCUT2D eigenvalue weighted by Crippen LogP contribution is 2.28. The summed E-state index contributed by atoms with van der Waals surface area (Å²) in [6.07, 6.45) is 4.87. The number of amides is 1. The molecule has 0 atom stereocenters. The van der Waals surface area contributed by atoms with Crippen LogP contribution in [0.4, 0.5) is 8.78 Å². The predicted octanol–water partition coefficient (Wildman–Crippen LogP) is 2.77. The molecule has 1 aliphatic carbocycles. The normalized spacial score (nSPS) is 19.4. The van der Waals surface area contributed by atoms with Crippen LogP contribution in [0.3, 0.4) is 0 Å². The summed E-state index contributed by atoms with van der Waals surface area (Å²) < 4.78 is 25.3. The first-order valence-electron chi connectivity index (χ1n) is 4.77. The third kappa shape index (κ3) is 2.90. The maximum absolute atomic E-state index is 12.6. The Morgan fingerprint density at radius 2 is 1.86 bits per heavy atom. The van der Waals surface area contributed by atoms with E-state index in [2.05, 4.69) is 15.9 Å². The molecule has 0 radical (unpaired) electrons. The van der Waals surface area contributed by atoms with E-state index >= 15 is 0 Å². The zero-order valence-corrected chi connectivity index (χ0v) is 9.69. The maximum Gasteiger partial charge on any atom is 0.377 e. The van der Waals surface area contributed by atoms with Gasteiger partial charge in [0.15, 0.2) is 0 Å². The maximum atomic E-state index is 12.6. The van der Waals surface area contributed by atoms with E-state index in [9.17, 15) is 13.6 Å². The van der Waals surface area contributed by atoms with E-state index in [4.69, 9.17) is 0 Å². The van der Waals surface area contributed by atoms with E-state index in [-0.39, 0.29) is 6.04 Å².